The van der Waals surface area contributed by atoms with Crippen LogP contribution in [0.25, 0.3) is 0 Å². The topological polar surface area (TPSA) is 57.5 Å². The van der Waals surface area contributed by atoms with Gasteiger partial charge in [0.2, 0.25) is 0 Å². The standard InChI is InChI=1S/C23H38N6.HI/c1-8-29(9-2)16-21-12-10-20(11-13-21)15-25-23(24-6)26-17(3)14-22-18(4)27-28(7)19(22)5;/h10-13,17H,8-9,14-16H2,1-7H3,(H2,24,25,26);1H. The fourth-order valence-electron chi connectivity index (χ4n) is 3.55. The number of benzene rings is 1. The van der Waals surface area contributed by atoms with Gasteiger partial charge in [-0.3, -0.25) is 14.6 Å². The van der Waals surface area contributed by atoms with Gasteiger partial charge in [0.15, 0.2) is 5.96 Å². The van der Waals surface area contributed by atoms with Crippen molar-refractivity contribution in [2.24, 2.45) is 12.0 Å². The maximum Gasteiger partial charge on any atom is 0.191 e. The van der Waals surface area contributed by atoms with Gasteiger partial charge in [0.05, 0.1) is 5.69 Å². The van der Waals surface area contributed by atoms with Crippen molar-refractivity contribution in [3.05, 3.63) is 52.3 Å². The Hall–Kier alpha value is -1.61. The molecule has 1 heterocycles. The van der Waals surface area contributed by atoms with E-state index in [2.05, 4.69) is 84.5 Å². The lowest BCUT2D eigenvalue weighted by Crippen LogP contribution is -2.42. The second kappa shape index (κ2) is 12.9. The molecule has 6 nitrogen and oxygen atoms in total. The molecule has 2 rings (SSSR count). The monoisotopic (exact) mass is 526 g/mol. The average Bonchev–Trinajstić information content (AvgIpc) is 2.96. The van der Waals surface area contributed by atoms with Gasteiger partial charge in [-0.05, 0) is 57.0 Å². The van der Waals surface area contributed by atoms with Gasteiger partial charge in [0.1, 0.15) is 0 Å². The normalized spacial score (nSPS) is 12.6. The molecule has 1 atom stereocenters. The molecule has 0 saturated carbocycles. The lowest BCUT2D eigenvalue weighted by Gasteiger charge is -2.19. The minimum Gasteiger partial charge on any atom is -0.354 e. The molecule has 0 bridgehead atoms. The van der Waals surface area contributed by atoms with Crippen LogP contribution in [0.2, 0.25) is 0 Å². The van der Waals surface area contributed by atoms with Gasteiger partial charge < -0.3 is 10.6 Å². The largest absolute Gasteiger partial charge is 0.354 e. The Balaban J connectivity index is 0.00000450. The summed E-state index contributed by atoms with van der Waals surface area (Å²) in [7, 11) is 3.81. The third-order valence-corrected chi connectivity index (χ3v) is 5.56. The summed E-state index contributed by atoms with van der Waals surface area (Å²) in [4.78, 5) is 6.80. The smallest absolute Gasteiger partial charge is 0.191 e. The van der Waals surface area contributed by atoms with Gasteiger partial charge in [0, 0.05) is 38.9 Å². The first-order valence-corrected chi connectivity index (χ1v) is 10.6. The number of hydrogen-bond acceptors (Lipinski definition) is 3. The Labute approximate surface area is 199 Å². The molecule has 1 aromatic carbocycles. The summed E-state index contributed by atoms with van der Waals surface area (Å²) in [6.45, 7) is 14.7. The van der Waals surface area contributed by atoms with Gasteiger partial charge in [-0.15, -0.1) is 24.0 Å². The molecule has 0 saturated heterocycles. The Morgan fingerprint density at radius 3 is 2.23 bits per heavy atom. The second-order valence-corrected chi connectivity index (χ2v) is 7.73. The van der Waals surface area contributed by atoms with Gasteiger partial charge in [0.25, 0.3) is 0 Å². The van der Waals surface area contributed by atoms with Crippen LogP contribution in [-0.2, 0) is 26.6 Å². The van der Waals surface area contributed by atoms with Crippen molar-refractivity contribution in [2.75, 3.05) is 20.1 Å². The van der Waals surface area contributed by atoms with Gasteiger partial charge in [-0.2, -0.15) is 5.10 Å². The molecule has 0 aliphatic carbocycles. The molecule has 0 aliphatic rings. The zero-order valence-electron chi connectivity index (χ0n) is 19.6. The van der Waals surface area contributed by atoms with E-state index in [1.807, 2.05) is 18.8 Å². The number of aromatic nitrogens is 2. The summed E-state index contributed by atoms with van der Waals surface area (Å²) in [5.74, 6) is 0.823. The van der Waals surface area contributed by atoms with Crippen molar-refractivity contribution >= 4 is 29.9 Å². The van der Waals surface area contributed by atoms with Gasteiger partial charge in [-0.25, -0.2) is 0 Å². The molecule has 0 radical (unpaired) electrons. The highest BCUT2D eigenvalue weighted by molar-refractivity contribution is 14.0. The fraction of sp³-hybridized carbons (Fsp3) is 0.565. The molecule has 0 spiro atoms. The van der Waals surface area contributed by atoms with Crippen LogP contribution in [0.4, 0.5) is 0 Å². The molecule has 0 fully saturated rings. The van der Waals surface area contributed by atoms with E-state index in [1.165, 1.54) is 22.4 Å². The highest BCUT2D eigenvalue weighted by Crippen LogP contribution is 2.14. The first-order chi connectivity index (χ1) is 13.9. The third kappa shape index (κ3) is 7.58. The van der Waals surface area contributed by atoms with E-state index in [1.54, 1.807) is 0 Å². The molecular formula is C23H39IN6. The molecule has 2 N–H and O–H groups in total. The van der Waals surface area contributed by atoms with E-state index < -0.39 is 0 Å². The number of halogens is 1. The van der Waals surface area contributed by atoms with Crippen LogP contribution in [0.1, 0.15) is 48.8 Å². The van der Waals surface area contributed by atoms with Crippen molar-refractivity contribution in [2.45, 2.75) is 60.2 Å². The molecular weight excluding hydrogens is 487 g/mol. The van der Waals surface area contributed by atoms with Crippen molar-refractivity contribution in [1.29, 1.82) is 0 Å². The quantitative estimate of drug-likeness (QED) is 0.297. The van der Waals surface area contributed by atoms with E-state index in [-0.39, 0.29) is 30.0 Å². The summed E-state index contributed by atoms with van der Waals surface area (Å²) in [5.41, 5.74) is 6.25. The van der Waals surface area contributed by atoms with Crippen molar-refractivity contribution < 1.29 is 0 Å². The first kappa shape index (κ1) is 26.4. The predicted molar refractivity (Wildman–Crippen MR) is 138 cm³/mol. The molecule has 0 aliphatic heterocycles. The Morgan fingerprint density at radius 1 is 1.13 bits per heavy atom. The fourth-order valence-corrected chi connectivity index (χ4v) is 3.55. The van der Waals surface area contributed by atoms with Crippen LogP contribution in [0.5, 0.6) is 0 Å². The first-order valence-electron chi connectivity index (χ1n) is 10.6. The van der Waals surface area contributed by atoms with E-state index >= 15 is 0 Å². The highest BCUT2D eigenvalue weighted by atomic mass is 127. The van der Waals surface area contributed by atoms with Crippen LogP contribution in [0.15, 0.2) is 29.3 Å². The number of aryl methyl sites for hydroxylation is 2. The van der Waals surface area contributed by atoms with Crippen molar-refractivity contribution in [3.8, 4) is 0 Å². The summed E-state index contributed by atoms with van der Waals surface area (Å²) >= 11 is 0. The van der Waals surface area contributed by atoms with Crippen LogP contribution in [0.3, 0.4) is 0 Å². The van der Waals surface area contributed by atoms with Gasteiger partial charge >= 0.3 is 0 Å². The van der Waals surface area contributed by atoms with E-state index in [4.69, 9.17) is 0 Å². The van der Waals surface area contributed by atoms with E-state index in [0.717, 1.165) is 44.3 Å². The zero-order chi connectivity index (χ0) is 21.4. The molecule has 7 heteroatoms. The minimum atomic E-state index is 0. The number of nitrogens with one attached hydrogen (secondary N) is 2. The SMILES string of the molecule is CCN(CC)Cc1ccc(CNC(=NC)NC(C)Cc2c(C)nn(C)c2C)cc1.I. The molecule has 1 unspecified atom stereocenters. The number of hydrogen-bond donors (Lipinski definition) is 2. The lowest BCUT2D eigenvalue weighted by atomic mass is 10.1. The Kier molecular flexibility index (Phi) is 11.4. The highest BCUT2D eigenvalue weighted by Gasteiger charge is 2.14. The Bertz CT molecular complexity index is 793. The molecule has 30 heavy (non-hydrogen) atoms. The summed E-state index contributed by atoms with van der Waals surface area (Å²) in [6, 6.07) is 9.11. The third-order valence-electron chi connectivity index (χ3n) is 5.56. The van der Waals surface area contributed by atoms with Crippen LogP contribution in [0, 0.1) is 13.8 Å². The number of aliphatic imine (C=N–C) groups is 1. The molecule has 2 aromatic rings. The Morgan fingerprint density at radius 2 is 1.73 bits per heavy atom. The van der Waals surface area contributed by atoms with Crippen LogP contribution < -0.4 is 10.6 Å². The van der Waals surface area contributed by atoms with Gasteiger partial charge in [-0.1, -0.05) is 38.1 Å². The maximum atomic E-state index is 4.51. The molecule has 1 aromatic heterocycles. The van der Waals surface area contributed by atoms with Crippen molar-refractivity contribution in [3.63, 3.8) is 0 Å². The van der Waals surface area contributed by atoms with Crippen LogP contribution >= 0.6 is 24.0 Å². The summed E-state index contributed by atoms with van der Waals surface area (Å²) < 4.78 is 1.95. The van der Waals surface area contributed by atoms with E-state index in [0.29, 0.717) is 0 Å². The second-order valence-electron chi connectivity index (χ2n) is 7.73. The van der Waals surface area contributed by atoms with E-state index in [9.17, 15) is 0 Å². The van der Waals surface area contributed by atoms with Crippen molar-refractivity contribution in [1.82, 2.24) is 25.3 Å². The van der Waals surface area contributed by atoms with Crippen LogP contribution in [-0.4, -0.2) is 46.8 Å². The number of rotatable bonds is 9. The predicted octanol–water partition coefficient (Wildman–Crippen LogP) is 3.79. The number of nitrogens with zero attached hydrogens (tertiary/aromatic N) is 4. The maximum absolute atomic E-state index is 4.51. The zero-order valence-corrected chi connectivity index (χ0v) is 21.9. The molecule has 0 amide bonds. The minimum absolute atomic E-state index is 0. The average molecular weight is 527 g/mol. The molecule has 168 valence electrons. The number of guanidine groups is 1. The summed E-state index contributed by atoms with van der Waals surface area (Å²) in [5, 5.41) is 11.4. The summed E-state index contributed by atoms with van der Waals surface area (Å²) in [6.07, 6.45) is 0.923. The lowest BCUT2D eigenvalue weighted by molar-refractivity contribution is 0.296.